The Balaban J connectivity index is 0.00000144. The summed E-state index contributed by atoms with van der Waals surface area (Å²) in [5, 5.41) is 0. The molecule has 1 fully saturated rings. The number of carbonyl (C=O) groups is 1. The summed E-state index contributed by atoms with van der Waals surface area (Å²) in [4.78, 5) is 11.0. The molecule has 13 heavy (non-hydrogen) atoms. The molecular weight excluding hydrogens is 190 g/mol. The van der Waals surface area contributed by atoms with Crippen LogP contribution < -0.4 is 5.73 Å². The van der Waals surface area contributed by atoms with Crippen LogP contribution in [0.4, 0.5) is 0 Å². The molecule has 0 aromatic rings. The van der Waals surface area contributed by atoms with Gasteiger partial charge in [0.1, 0.15) is 6.10 Å². The van der Waals surface area contributed by atoms with Gasteiger partial charge in [0.05, 0.1) is 6.42 Å². The summed E-state index contributed by atoms with van der Waals surface area (Å²) in [5.41, 5.74) is 5.23. The standard InChI is InChI=1S/C9H17NO2.ClH/c10-7-6-9(11)12-8-4-2-1-3-5-8;/h8H,1-7,10H2;1H. The lowest BCUT2D eigenvalue weighted by Crippen LogP contribution is -2.22. The molecule has 1 saturated carbocycles. The first-order valence-corrected chi connectivity index (χ1v) is 4.72. The zero-order chi connectivity index (χ0) is 8.81. The second-order valence-electron chi connectivity index (χ2n) is 3.29. The van der Waals surface area contributed by atoms with Gasteiger partial charge in [-0.15, -0.1) is 12.4 Å². The third-order valence-electron chi connectivity index (χ3n) is 2.20. The van der Waals surface area contributed by atoms with Crippen molar-refractivity contribution in [2.75, 3.05) is 6.54 Å². The molecule has 0 radical (unpaired) electrons. The van der Waals surface area contributed by atoms with E-state index in [0.29, 0.717) is 13.0 Å². The third kappa shape index (κ3) is 5.11. The molecule has 3 nitrogen and oxygen atoms in total. The molecule has 0 unspecified atom stereocenters. The molecule has 0 heterocycles. The van der Waals surface area contributed by atoms with Gasteiger partial charge in [0, 0.05) is 6.54 Å². The Morgan fingerprint density at radius 1 is 1.31 bits per heavy atom. The Morgan fingerprint density at radius 3 is 2.46 bits per heavy atom. The van der Waals surface area contributed by atoms with E-state index >= 15 is 0 Å². The Morgan fingerprint density at radius 2 is 1.92 bits per heavy atom. The number of rotatable bonds is 3. The summed E-state index contributed by atoms with van der Waals surface area (Å²) in [7, 11) is 0. The number of halogens is 1. The average molecular weight is 208 g/mol. The zero-order valence-corrected chi connectivity index (χ0v) is 8.65. The molecule has 78 valence electrons. The lowest BCUT2D eigenvalue weighted by atomic mass is 9.98. The minimum absolute atomic E-state index is 0. The Labute approximate surface area is 85.4 Å². The molecule has 2 N–H and O–H groups in total. The lowest BCUT2D eigenvalue weighted by Gasteiger charge is -2.21. The molecule has 1 aliphatic rings. The van der Waals surface area contributed by atoms with E-state index in [1.54, 1.807) is 0 Å². The summed E-state index contributed by atoms with van der Waals surface area (Å²) in [5.74, 6) is -0.135. The number of carbonyl (C=O) groups excluding carboxylic acids is 1. The highest BCUT2D eigenvalue weighted by Gasteiger charge is 2.16. The van der Waals surface area contributed by atoms with E-state index in [2.05, 4.69) is 0 Å². The van der Waals surface area contributed by atoms with Crippen molar-refractivity contribution in [3.8, 4) is 0 Å². The van der Waals surface area contributed by atoms with Crippen molar-refractivity contribution in [1.82, 2.24) is 0 Å². The van der Waals surface area contributed by atoms with Crippen LogP contribution in [0.15, 0.2) is 0 Å². The molecule has 0 saturated heterocycles. The van der Waals surface area contributed by atoms with E-state index in [-0.39, 0.29) is 24.5 Å². The summed E-state index contributed by atoms with van der Waals surface area (Å²) in [6.07, 6.45) is 6.28. The fourth-order valence-electron chi connectivity index (χ4n) is 1.55. The van der Waals surface area contributed by atoms with Gasteiger partial charge in [-0.25, -0.2) is 0 Å². The monoisotopic (exact) mass is 207 g/mol. The van der Waals surface area contributed by atoms with Gasteiger partial charge in [-0.05, 0) is 25.7 Å². The fourth-order valence-corrected chi connectivity index (χ4v) is 1.55. The van der Waals surface area contributed by atoms with Crippen LogP contribution in [0.25, 0.3) is 0 Å². The first-order valence-electron chi connectivity index (χ1n) is 4.72. The van der Waals surface area contributed by atoms with Gasteiger partial charge < -0.3 is 10.5 Å². The average Bonchev–Trinajstić information content (AvgIpc) is 2.06. The van der Waals surface area contributed by atoms with E-state index in [9.17, 15) is 4.79 Å². The highest BCUT2D eigenvalue weighted by Crippen LogP contribution is 2.20. The predicted molar refractivity (Wildman–Crippen MR) is 53.9 cm³/mol. The van der Waals surface area contributed by atoms with Crippen molar-refractivity contribution >= 4 is 18.4 Å². The molecule has 0 aromatic heterocycles. The van der Waals surface area contributed by atoms with Gasteiger partial charge in [-0.1, -0.05) is 6.42 Å². The Kier molecular flexibility index (Phi) is 7.00. The molecule has 0 atom stereocenters. The lowest BCUT2D eigenvalue weighted by molar-refractivity contribution is -0.150. The smallest absolute Gasteiger partial charge is 0.307 e. The number of hydrogen-bond acceptors (Lipinski definition) is 3. The van der Waals surface area contributed by atoms with Gasteiger partial charge in [-0.2, -0.15) is 0 Å². The molecule has 0 amide bonds. The zero-order valence-electron chi connectivity index (χ0n) is 7.83. The third-order valence-corrected chi connectivity index (χ3v) is 2.20. The molecule has 1 rings (SSSR count). The van der Waals surface area contributed by atoms with Gasteiger partial charge in [0.15, 0.2) is 0 Å². The predicted octanol–water partition coefficient (Wildman–Crippen LogP) is 1.63. The maximum Gasteiger partial charge on any atom is 0.307 e. The number of esters is 1. The van der Waals surface area contributed by atoms with Crippen LogP contribution in [0, 0.1) is 0 Å². The molecule has 1 aliphatic carbocycles. The van der Waals surface area contributed by atoms with Gasteiger partial charge in [0.25, 0.3) is 0 Å². The summed E-state index contributed by atoms with van der Waals surface area (Å²) in [6.45, 7) is 0.394. The Hall–Kier alpha value is -0.280. The van der Waals surface area contributed by atoms with Crippen molar-refractivity contribution in [1.29, 1.82) is 0 Å². The van der Waals surface area contributed by atoms with Gasteiger partial charge in [-0.3, -0.25) is 4.79 Å². The molecular formula is C9H18ClNO2. The normalized spacial score (nSPS) is 17.6. The summed E-state index contributed by atoms with van der Waals surface area (Å²) in [6, 6.07) is 0. The summed E-state index contributed by atoms with van der Waals surface area (Å²) >= 11 is 0. The van der Waals surface area contributed by atoms with Gasteiger partial charge in [0.2, 0.25) is 0 Å². The van der Waals surface area contributed by atoms with E-state index in [1.807, 2.05) is 0 Å². The van der Waals surface area contributed by atoms with Crippen LogP contribution in [0.5, 0.6) is 0 Å². The fraction of sp³-hybridized carbons (Fsp3) is 0.889. The molecule has 4 heteroatoms. The molecule has 0 bridgehead atoms. The number of ether oxygens (including phenoxy) is 1. The summed E-state index contributed by atoms with van der Waals surface area (Å²) < 4.78 is 5.21. The van der Waals surface area contributed by atoms with Crippen molar-refractivity contribution in [3.63, 3.8) is 0 Å². The van der Waals surface area contributed by atoms with Crippen LogP contribution in [0.3, 0.4) is 0 Å². The second kappa shape index (κ2) is 7.15. The topological polar surface area (TPSA) is 52.3 Å². The van der Waals surface area contributed by atoms with Crippen molar-refractivity contribution in [2.24, 2.45) is 5.73 Å². The van der Waals surface area contributed by atoms with Crippen LogP contribution in [-0.2, 0) is 9.53 Å². The quantitative estimate of drug-likeness (QED) is 0.716. The largest absolute Gasteiger partial charge is 0.462 e. The minimum atomic E-state index is -0.135. The molecule has 0 spiro atoms. The van der Waals surface area contributed by atoms with Crippen molar-refractivity contribution < 1.29 is 9.53 Å². The van der Waals surface area contributed by atoms with Crippen LogP contribution >= 0.6 is 12.4 Å². The van der Waals surface area contributed by atoms with E-state index < -0.39 is 0 Å². The number of nitrogens with two attached hydrogens (primary N) is 1. The highest BCUT2D eigenvalue weighted by molar-refractivity contribution is 5.85. The van der Waals surface area contributed by atoms with Crippen LogP contribution in [-0.4, -0.2) is 18.6 Å². The van der Waals surface area contributed by atoms with E-state index in [1.165, 1.54) is 19.3 Å². The van der Waals surface area contributed by atoms with Crippen molar-refractivity contribution in [3.05, 3.63) is 0 Å². The van der Waals surface area contributed by atoms with Gasteiger partial charge >= 0.3 is 5.97 Å². The maximum absolute atomic E-state index is 11.0. The van der Waals surface area contributed by atoms with Crippen LogP contribution in [0.1, 0.15) is 38.5 Å². The molecule has 0 aromatic carbocycles. The number of hydrogen-bond donors (Lipinski definition) is 1. The SMILES string of the molecule is Cl.NCCC(=O)OC1CCCCC1. The van der Waals surface area contributed by atoms with E-state index in [0.717, 1.165) is 12.8 Å². The highest BCUT2D eigenvalue weighted by atomic mass is 35.5. The first-order chi connectivity index (χ1) is 5.83. The first kappa shape index (κ1) is 12.7. The van der Waals surface area contributed by atoms with Crippen molar-refractivity contribution in [2.45, 2.75) is 44.6 Å². The van der Waals surface area contributed by atoms with E-state index in [4.69, 9.17) is 10.5 Å². The maximum atomic E-state index is 11.0. The second-order valence-corrected chi connectivity index (χ2v) is 3.29. The minimum Gasteiger partial charge on any atom is -0.462 e. The molecule has 0 aliphatic heterocycles. The van der Waals surface area contributed by atoms with Crippen LogP contribution in [0.2, 0.25) is 0 Å². The Bertz CT molecular complexity index is 147.